The molecule has 1 heterocycles. The number of anilines is 2. The number of amides is 2. The largest absolute Gasteiger partial charge is 0.372 e. The number of carbonyl (C=O) groups excluding carboxylic acids is 2. The Morgan fingerprint density at radius 2 is 1.59 bits per heavy atom. The molecule has 1 N–H and O–H groups in total. The molecular formula is C23H25N3O2S. The van der Waals surface area contributed by atoms with Gasteiger partial charge in [0.15, 0.2) is 5.11 Å². The van der Waals surface area contributed by atoms with E-state index >= 15 is 0 Å². The molecule has 0 spiro atoms. The summed E-state index contributed by atoms with van der Waals surface area (Å²) in [5.74, 6) is -0.898. The molecule has 0 aromatic heterocycles. The molecule has 2 aromatic carbocycles. The molecule has 0 radical (unpaired) electrons. The van der Waals surface area contributed by atoms with Crippen LogP contribution in [0.4, 0.5) is 11.4 Å². The Kier molecular flexibility index (Phi) is 6.13. The van der Waals surface area contributed by atoms with Crippen molar-refractivity contribution in [1.29, 1.82) is 0 Å². The molecule has 0 atom stereocenters. The number of benzene rings is 2. The Labute approximate surface area is 177 Å². The fourth-order valence-corrected chi connectivity index (χ4v) is 3.79. The summed E-state index contributed by atoms with van der Waals surface area (Å²) < 4.78 is 0. The first-order valence-corrected chi connectivity index (χ1v) is 10.1. The lowest BCUT2D eigenvalue weighted by Gasteiger charge is -2.29. The highest BCUT2D eigenvalue weighted by Crippen LogP contribution is 2.25. The Hall–Kier alpha value is -2.99. The molecule has 1 saturated heterocycles. The van der Waals surface area contributed by atoms with Crippen molar-refractivity contribution in [2.75, 3.05) is 22.9 Å². The topological polar surface area (TPSA) is 52.7 Å². The molecule has 150 valence electrons. The van der Waals surface area contributed by atoms with E-state index in [1.807, 2.05) is 56.3 Å². The summed E-state index contributed by atoms with van der Waals surface area (Å²) in [7, 11) is 0. The van der Waals surface area contributed by atoms with Crippen LogP contribution in [-0.4, -0.2) is 30.0 Å². The highest BCUT2D eigenvalue weighted by molar-refractivity contribution is 7.80. The highest BCUT2D eigenvalue weighted by atomic mass is 32.1. The summed E-state index contributed by atoms with van der Waals surface area (Å²) >= 11 is 5.28. The maximum Gasteiger partial charge on any atom is 0.270 e. The van der Waals surface area contributed by atoms with E-state index in [4.69, 9.17) is 12.2 Å². The summed E-state index contributed by atoms with van der Waals surface area (Å²) in [4.78, 5) is 29.2. The number of hydrogen-bond acceptors (Lipinski definition) is 4. The van der Waals surface area contributed by atoms with Gasteiger partial charge < -0.3 is 4.90 Å². The van der Waals surface area contributed by atoms with E-state index in [1.54, 1.807) is 6.08 Å². The molecule has 0 bridgehead atoms. The predicted molar refractivity (Wildman–Crippen MR) is 122 cm³/mol. The Balaban J connectivity index is 1.95. The van der Waals surface area contributed by atoms with E-state index in [0.717, 1.165) is 35.5 Å². The molecule has 1 fully saturated rings. The summed E-state index contributed by atoms with van der Waals surface area (Å²) in [6.45, 7) is 9.96. The zero-order chi connectivity index (χ0) is 21.1. The van der Waals surface area contributed by atoms with Crippen molar-refractivity contribution in [1.82, 2.24) is 5.32 Å². The average molecular weight is 408 g/mol. The predicted octanol–water partition coefficient (Wildman–Crippen LogP) is 3.98. The van der Waals surface area contributed by atoms with Gasteiger partial charge in [-0.2, -0.15) is 0 Å². The zero-order valence-electron chi connectivity index (χ0n) is 17.2. The molecule has 5 nitrogen and oxygen atoms in total. The Morgan fingerprint density at radius 1 is 1.00 bits per heavy atom. The molecule has 1 aliphatic heterocycles. The molecule has 29 heavy (non-hydrogen) atoms. The molecule has 2 aromatic rings. The van der Waals surface area contributed by atoms with Gasteiger partial charge in [0, 0.05) is 18.8 Å². The van der Waals surface area contributed by atoms with Gasteiger partial charge in [-0.25, -0.2) is 0 Å². The van der Waals surface area contributed by atoms with Gasteiger partial charge in [-0.3, -0.25) is 19.8 Å². The first kappa shape index (κ1) is 20.7. The van der Waals surface area contributed by atoms with E-state index in [9.17, 15) is 9.59 Å². The number of aryl methyl sites for hydroxylation is 2. The first-order valence-electron chi connectivity index (χ1n) is 9.68. The van der Waals surface area contributed by atoms with Gasteiger partial charge in [-0.1, -0.05) is 18.2 Å². The van der Waals surface area contributed by atoms with Crippen molar-refractivity contribution < 1.29 is 9.59 Å². The lowest BCUT2D eigenvalue weighted by Crippen LogP contribution is -2.54. The first-order chi connectivity index (χ1) is 13.8. The smallest absolute Gasteiger partial charge is 0.270 e. The zero-order valence-corrected chi connectivity index (χ0v) is 18.0. The van der Waals surface area contributed by atoms with E-state index in [2.05, 4.69) is 24.1 Å². The fourth-order valence-electron chi connectivity index (χ4n) is 3.51. The van der Waals surface area contributed by atoms with E-state index in [1.165, 1.54) is 4.90 Å². The Morgan fingerprint density at radius 3 is 2.14 bits per heavy atom. The van der Waals surface area contributed by atoms with Crippen molar-refractivity contribution in [2.45, 2.75) is 27.7 Å². The van der Waals surface area contributed by atoms with Crippen LogP contribution >= 0.6 is 12.2 Å². The third-order valence-corrected chi connectivity index (χ3v) is 5.18. The number of rotatable bonds is 5. The van der Waals surface area contributed by atoms with Gasteiger partial charge in [0.1, 0.15) is 5.57 Å². The second kappa shape index (κ2) is 8.57. The summed E-state index contributed by atoms with van der Waals surface area (Å²) in [5.41, 5.74) is 4.64. The van der Waals surface area contributed by atoms with Crippen LogP contribution in [-0.2, 0) is 9.59 Å². The number of carbonyl (C=O) groups is 2. The highest BCUT2D eigenvalue weighted by Gasteiger charge is 2.34. The number of nitrogens with zero attached hydrogens (tertiary/aromatic N) is 2. The van der Waals surface area contributed by atoms with E-state index in [-0.39, 0.29) is 10.7 Å². The molecule has 0 aliphatic carbocycles. The van der Waals surface area contributed by atoms with Crippen molar-refractivity contribution in [2.24, 2.45) is 0 Å². The van der Waals surface area contributed by atoms with E-state index < -0.39 is 11.8 Å². The summed E-state index contributed by atoms with van der Waals surface area (Å²) in [6.07, 6.45) is 1.61. The van der Waals surface area contributed by atoms with Gasteiger partial charge in [-0.05, 0) is 86.9 Å². The number of nitrogens with one attached hydrogen (secondary N) is 1. The van der Waals surface area contributed by atoms with Crippen molar-refractivity contribution in [3.8, 4) is 0 Å². The molecule has 3 rings (SSSR count). The number of thiocarbonyl (C=S) groups is 1. The van der Waals surface area contributed by atoms with E-state index in [0.29, 0.717) is 5.69 Å². The summed E-state index contributed by atoms with van der Waals surface area (Å²) in [6, 6.07) is 13.6. The average Bonchev–Trinajstić information content (AvgIpc) is 2.66. The minimum Gasteiger partial charge on any atom is -0.372 e. The van der Waals surface area contributed by atoms with Crippen molar-refractivity contribution in [3.05, 3.63) is 64.7 Å². The molecule has 0 saturated carbocycles. The van der Waals surface area contributed by atoms with Crippen LogP contribution in [0.2, 0.25) is 0 Å². The lowest BCUT2D eigenvalue weighted by atomic mass is 10.1. The van der Waals surface area contributed by atoms with Gasteiger partial charge >= 0.3 is 0 Å². The third kappa shape index (κ3) is 4.38. The third-order valence-electron chi connectivity index (χ3n) is 4.90. The fraction of sp³-hybridized carbons (Fsp3) is 0.261. The van der Waals surface area contributed by atoms with Crippen molar-refractivity contribution in [3.63, 3.8) is 0 Å². The normalized spacial score (nSPS) is 15.7. The van der Waals surface area contributed by atoms with Crippen LogP contribution < -0.4 is 15.1 Å². The molecule has 0 unspecified atom stereocenters. The van der Waals surface area contributed by atoms with Crippen LogP contribution in [0.25, 0.3) is 6.08 Å². The van der Waals surface area contributed by atoms with Crippen LogP contribution in [0, 0.1) is 13.8 Å². The second-order valence-electron chi connectivity index (χ2n) is 7.07. The maximum absolute atomic E-state index is 13.1. The van der Waals surface area contributed by atoms with Crippen LogP contribution in [0.1, 0.15) is 30.5 Å². The van der Waals surface area contributed by atoms with Gasteiger partial charge in [0.05, 0.1) is 5.69 Å². The second-order valence-corrected chi connectivity index (χ2v) is 7.45. The molecule has 2 amide bonds. The Bertz CT molecular complexity index is 971. The van der Waals surface area contributed by atoms with Gasteiger partial charge in [0.25, 0.3) is 11.8 Å². The number of hydrogen-bond donors (Lipinski definition) is 1. The monoisotopic (exact) mass is 407 g/mol. The SMILES string of the molecule is CCN(CC)c1ccc(/C=C2/C(=O)NC(=S)N(c3cc(C)cc(C)c3)C2=O)cc1. The molecular weight excluding hydrogens is 382 g/mol. The molecule has 6 heteroatoms. The van der Waals surface area contributed by atoms with Crippen LogP contribution in [0.15, 0.2) is 48.0 Å². The molecule has 1 aliphatic rings. The standard InChI is InChI=1S/C23H25N3O2S/c1-5-25(6-2)18-9-7-17(8-10-18)14-20-21(27)24-23(29)26(22(20)28)19-12-15(3)11-16(4)13-19/h7-14H,5-6H2,1-4H3,(H,24,27,29)/b20-14-. The van der Waals surface area contributed by atoms with Crippen molar-refractivity contribution >= 4 is 46.6 Å². The van der Waals surface area contributed by atoms with Gasteiger partial charge in [0.2, 0.25) is 0 Å². The van der Waals surface area contributed by atoms with Crippen LogP contribution in [0.3, 0.4) is 0 Å². The van der Waals surface area contributed by atoms with Crippen LogP contribution in [0.5, 0.6) is 0 Å². The maximum atomic E-state index is 13.1. The minimum absolute atomic E-state index is 0.0633. The summed E-state index contributed by atoms with van der Waals surface area (Å²) in [5, 5.41) is 2.73. The van der Waals surface area contributed by atoms with Gasteiger partial charge in [-0.15, -0.1) is 0 Å². The quantitative estimate of drug-likeness (QED) is 0.463. The lowest BCUT2D eigenvalue weighted by molar-refractivity contribution is -0.122. The minimum atomic E-state index is -0.478.